The molecule has 25 heavy (non-hydrogen) atoms. The van der Waals surface area contributed by atoms with E-state index >= 15 is 0 Å². The van der Waals surface area contributed by atoms with Crippen molar-refractivity contribution >= 4 is 28.9 Å². The van der Waals surface area contributed by atoms with Crippen LogP contribution in [0.4, 0.5) is 17.1 Å². The van der Waals surface area contributed by atoms with Gasteiger partial charge in [0.05, 0.1) is 15.9 Å². The van der Waals surface area contributed by atoms with Crippen molar-refractivity contribution in [1.82, 2.24) is 5.32 Å². The van der Waals surface area contributed by atoms with Gasteiger partial charge in [-0.1, -0.05) is 13.8 Å². The topological polar surface area (TPSA) is 165 Å². The molecule has 1 aromatic carbocycles. The number of hydrogen-bond donors (Lipinski definition) is 3. The van der Waals surface area contributed by atoms with Crippen LogP contribution in [0.3, 0.4) is 0 Å². The lowest BCUT2D eigenvalue weighted by molar-refractivity contribution is -0.393. The van der Waals surface area contributed by atoms with Gasteiger partial charge < -0.3 is 15.7 Å². The summed E-state index contributed by atoms with van der Waals surface area (Å²) in [7, 11) is 0. The standard InChI is InChI=1S/C14H18N4O7/c1-7(2)12(13(19)15-8(3)14(20)21)16-10-5-4-9(17(22)23)6-11(10)18(24)25/h4-8,12,16H,1-3H3,(H,15,19)(H,20,21)/t8-,12-/m0/s1. The Kier molecular flexibility index (Phi) is 6.37. The maximum Gasteiger partial charge on any atom is 0.325 e. The molecule has 3 N–H and O–H groups in total. The highest BCUT2D eigenvalue weighted by Crippen LogP contribution is 2.30. The summed E-state index contributed by atoms with van der Waals surface area (Å²) in [6.45, 7) is 4.62. The highest BCUT2D eigenvalue weighted by Gasteiger charge is 2.28. The molecule has 1 rings (SSSR count). The Balaban J connectivity index is 3.13. The molecule has 0 bridgehead atoms. The molecule has 11 heteroatoms. The lowest BCUT2D eigenvalue weighted by atomic mass is 10.0. The molecule has 0 saturated carbocycles. The maximum absolute atomic E-state index is 12.2. The second-order valence-electron chi connectivity index (χ2n) is 5.65. The first-order valence-electron chi connectivity index (χ1n) is 7.27. The Labute approximate surface area is 142 Å². The van der Waals surface area contributed by atoms with Gasteiger partial charge in [0.25, 0.3) is 11.4 Å². The van der Waals surface area contributed by atoms with Gasteiger partial charge in [-0.25, -0.2) is 0 Å². The van der Waals surface area contributed by atoms with Crippen molar-refractivity contribution in [1.29, 1.82) is 0 Å². The summed E-state index contributed by atoms with van der Waals surface area (Å²) in [6, 6.07) is 0.894. The molecular formula is C14H18N4O7. The van der Waals surface area contributed by atoms with Crippen LogP contribution in [0.1, 0.15) is 20.8 Å². The van der Waals surface area contributed by atoms with Crippen molar-refractivity contribution in [3.05, 3.63) is 38.4 Å². The Bertz CT molecular complexity index is 704. The molecule has 0 aromatic heterocycles. The first kappa shape index (κ1) is 19.8. The number of carboxylic acid groups (broad SMARTS) is 1. The molecule has 0 aliphatic carbocycles. The van der Waals surface area contributed by atoms with Crippen molar-refractivity contribution in [2.45, 2.75) is 32.9 Å². The predicted octanol–water partition coefficient (Wildman–Crippen LogP) is 1.53. The summed E-state index contributed by atoms with van der Waals surface area (Å²) >= 11 is 0. The minimum absolute atomic E-state index is 0.0765. The minimum atomic E-state index is -1.22. The van der Waals surface area contributed by atoms with Crippen molar-refractivity contribution in [3.63, 3.8) is 0 Å². The van der Waals surface area contributed by atoms with Crippen LogP contribution in [-0.2, 0) is 9.59 Å². The zero-order valence-electron chi connectivity index (χ0n) is 13.8. The average Bonchev–Trinajstić information content (AvgIpc) is 2.51. The molecule has 0 fully saturated rings. The van der Waals surface area contributed by atoms with E-state index in [9.17, 15) is 29.8 Å². The number of anilines is 1. The number of carbonyl (C=O) groups excluding carboxylic acids is 1. The van der Waals surface area contributed by atoms with Gasteiger partial charge in [-0.3, -0.25) is 29.8 Å². The lowest BCUT2D eigenvalue weighted by Crippen LogP contribution is -2.48. The van der Waals surface area contributed by atoms with E-state index in [-0.39, 0.29) is 11.6 Å². The fourth-order valence-corrected chi connectivity index (χ4v) is 1.97. The normalized spacial score (nSPS) is 13.0. The van der Waals surface area contributed by atoms with Crippen molar-refractivity contribution in [2.24, 2.45) is 5.92 Å². The highest BCUT2D eigenvalue weighted by molar-refractivity contribution is 5.89. The molecule has 0 radical (unpaired) electrons. The van der Waals surface area contributed by atoms with Crippen LogP contribution in [0.2, 0.25) is 0 Å². The second-order valence-corrected chi connectivity index (χ2v) is 5.65. The molecule has 1 amide bonds. The zero-order valence-corrected chi connectivity index (χ0v) is 13.8. The highest BCUT2D eigenvalue weighted by atomic mass is 16.6. The number of hydrogen-bond acceptors (Lipinski definition) is 7. The number of amides is 1. The quantitative estimate of drug-likeness (QED) is 0.467. The lowest BCUT2D eigenvalue weighted by Gasteiger charge is -2.23. The van der Waals surface area contributed by atoms with Crippen LogP contribution >= 0.6 is 0 Å². The van der Waals surface area contributed by atoms with Gasteiger partial charge in [-0.15, -0.1) is 0 Å². The molecule has 11 nitrogen and oxygen atoms in total. The number of rotatable bonds is 8. The predicted molar refractivity (Wildman–Crippen MR) is 87.2 cm³/mol. The number of non-ortho nitro benzene ring substituents is 1. The molecular weight excluding hydrogens is 336 g/mol. The Morgan fingerprint density at radius 3 is 2.16 bits per heavy atom. The number of nitro groups is 2. The van der Waals surface area contributed by atoms with Crippen LogP contribution in [0.15, 0.2) is 18.2 Å². The van der Waals surface area contributed by atoms with Gasteiger partial charge in [0.1, 0.15) is 17.8 Å². The molecule has 1 aromatic rings. The fraction of sp³-hybridized carbons (Fsp3) is 0.429. The van der Waals surface area contributed by atoms with E-state index in [4.69, 9.17) is 5.11 Å². The number of benzene rings is 1. The van der Waals surface area contributed by atoms with Crippen molar-refractivity contribution < 1.29 is 24.5 Å². The monoisotopic (exact) mass is 354 g/mol. The van der Waals surface area contributed by atoms with Crippen LogP contribution in [0.5, 0.6) is 0 Å². The SMILES string of the molecule is CC(C)[C@H](Nc1ccc([N+](=O)[O-])cc1[N+](=O)[O-])C(=O)N[C@@H](C)C(=O)O. The third-order valence-corrected chi connectivity index (χ3v) is 3.38. The van der Waals surface area contributed by atoms with Gasteiger partial charge in [-0.2, -0.15) is 0 Å². The number of nitrogens with zero attached hydrogens (tertiary/aromatic N) is 2. The van der Waals surface area contributed by atoms with Gasteiger partial charge >= 0.3 is 5.97 Å². The number of carboxylic acids is 1. The van der Waals surface area contributed by atoms with E-state index in [1.165, 1.54) is 6.92 Å². The summed E-state index contributed by atoms with van der Waals surface area (Å²) in [4.78, 5) is 43.4. The molecule has 0 spiro atoms. The first-order valence-corrected chi connectivity index (χ1v) is 7.27. The van der Waals surface area contributed by atoms with E-state index in [0.717, 1.165) is 18.2 Å². The van der Waals surface area contributed by atoms with Gasteiger partial charge in [0.15, 0.2) is 0 Å². The van der Waals surface area contributed by atoms with Crippen LogP contribution in [0, 0.1) is 26.1 Å². The minimum Gasteiger partial charge on any atom is -0.480 e. The summed E-state index contributed by atoms with van der Waals surface area (Å²) in [5.74, 6) is -2.22. The van der Waals surface area contributed by atoms with E-state index in [1.54, 1.807) is 13.8 Å². The first-order chi connectivity index (χ1) is 11.5. The van der Waals surface area contributed by atoms with Crippen LogP contribution in [-0.4, -0.2) is 38.9 Å². The fourth-order valence-electron chi connectivity index (χ4n) is 1.97. The zero-order chi connectivity index (χ0) is 19.3. The van der Waals surface area contributed by atoms with Crippen molar-refractivity contribution in [2.75, 3.05) is 5.32 Å². The third-order valence-electron chi connectivity index (χ3n) is 3.38. The van der Waals surface area contributed by atoms with Gasteiger partial charge in [0.2, 0.25) is 5.91 Å². The maximum atomic E-state index is 12.2. The molecule has 0 aliphatic rings. The molecule has 0 aliphatic heterocycles. The molecule has 136 valence electrons. The molecule has 0 saturated heterocycles. The summed E-state index contributed by atoms with van der Waals surface area (Å²) in [6.07, 6.45) is 0. The summed E-state index contributed by atoms with van der Waals surface area (Å²) in [5.41, 5.74) is -1.09. The molecule has 2 atom stereocenters. The van der Waals surface area contributed by atoms with Gasteiger partial charge in [0, 0.05) is 6.07 Å². The van der Waals surface area contributed by atoms with E-state index in [1.807, 2.05) is 0 Å². The third kappa shape index (κ3) is 5.12. The van der Waals surface area contributed by atoms with Gasteiger partial charge in [-0.05, 0) is 18.9 Å². The largest absolute Gasteiger partial charge is 0.480 e. The number of nitro benzene ring substituents is 2. The van der Waals surface area contributed by atoms with E-state index in [2.05, 4.69) is 10.6 Å². The molecule has 0 heterocycles. The molecule has 0 unspecified atom stereocenters. The number of aliphatic carboxylic acids is 1. The van der Waals surface area contributed by atoms with Crippen molar-refractivity contribution in [3.8, 4) is 0 Å². The Morgan fingerprint density at radius 1 is 1.12 bits per heavy atom. The average molecular weight is 354 g/mol. The Hall–Kier alpha value is -3.24. The van der Waals surface area contributed by atoms with Crippen LogP contribution in [0.25, 0.3) is 0 Å². The number of nitrogens with one attached hydrogen (secondary N) is 2. The summed E-state index contributed by atoms with van der Waals surface area (Å²) < 4.78 is 0. The van der Waals surface area contributed by atoms with Crippen LogP contribution < -0.4 is 10.6 Å². The summed E-state index contributed by atoms with van der Waals surface area (Å²) in [5, 5.41) is 35.7. The second kappa shape index (κ2) is 8.04. The number of carbonyl (C=O) groups is 2. The smallest absolute Gasteiger partial charge is 0.325 e. The van der Waals surface area contributed by atoms with E-state index in [0.29, 0.717) is 0 Å². The van der Waals surface area contributed by atoms with E-state index < -0.39 is 45.2 Å². The Morgan fingerprint density at radius 2 is 1.72 bits per heavy atom.